The van der Waals surface area contributed by atoms with Crippen LogP contribution in [0.15, 0.2) is 18.5 Å². The molecule has 3 rings (SSSR count). The number of nitrogens with one attached hydrogen (secondary N) is 1. The largest absolute Gasteiger partial charge is 0.310 e. The van der Waals surface area contributed by atoms with E-state index in [1.807, 2.05) is 25.5 Å². The van der Waals surface area contributed by atoms with Gasteiger partial charge in [0.05, 0.1) is 0 Å². The maximum Gasteiger partial charge on any atom is 0.180 e. The van der Waals surface area contributed by atoms with Crippen LogP contribution in [0.5, 0.6) is 0 Å². The van der Waals surface area contributed by atoms with Crippen molar-refractivity contribution in [1.29, 1.82) is 0 Å². The van der Waals surface area contributed by atoms with Crippen molar-refractivity contribution in [2.75, 3.05) is 6.54 Å². The first-order valence-electron chi connectivity index (χ1n) is 7.58. The third kappa shape index (κ3) is 2.83. The molecule has 0 aliphatic heterocycles. The minimum Gasteiger partial charge on any atom is -0.310 e. The summed E-state index contributed by atoms with van der Waals surface area (Å²) in [6, 6.07) is 2.31. The molecular weight excluding hydrogens is 262 g/mol. The standard InChI is InChI=1S/C16H23N5/c1-5-17-13-8-16(2,3)9-14-11(13)10-18-15(19-14)12-6-7-21(4)20-12/h6-7,10,13,17H,5,8-9H2,1-4H3. The molecule has 0 saturated heterocycles. The van der Waals surface area contributed by atoms with E-state index in [-0.39, 0.29) is 5.41 Å². The van der Waals surface area contributed by atoms with E-state index in [4.69, 9.17) is 4.98 Å². The minimum atomic E-state index is 0.260. The number of nitrogens with zero attached hydrogens (tertiary/aromatic N) is 4. The summed E-state index contributed by atoms with van der Waals surface area (Å²) >= 11 is 0. The van der Waals surface area contributed by atoms with E-state index in [1.54, 1.807) is 4.68 Å². The van der Waals surface area contributed by atoms with Gasteiger partial charge in [0.15, 0.2) is 5.82 Å². The fourth-order valence-electron chi connectivity index (χ4n) is 3.13. The summed E-state index contributed by atoms with van der Waals surface area (Å²) in [5, 5.41) is 7.96. The lowest BCUT2D eigenvalue weighted by Gasteiger charge is -2.36. The quantitative estimate of drug-likeness (QED) is 0.941. The molecule has 2 aromatic rings. The molecule has 112 valence electrons. The van der Waals surface area contributed by atoms with Crippen LogP contribution in [0.4, 0.5) is 0 Å². The summed E-state index contributed by atoms with van der Waals surface area (Å²) in [5.41, 5.74) is 3.50. The summed E-state index contributed by atoms with van der Waals surface area (Å²) in [5.74, 6) is 0.724. The van der Waals surface area contributed by atoms with Crippen molar-refractivity contribution in [3.63, 3.8) is 0 Å². The fourth-order valence-corrected chi connectivity index (χ4v) is 3.13. The molecule has 0 aromatic carbocycles. The Bertz CT molecular complexity index is 644. The molecule has 2 heterocycles. The Kier molecular flexibility index (Phi) is 3.53. The Balaban J connectivity index is 2.00. The van der Waals surface area contributed by atoms with Gasteiger partial charge in [-0.1, -0.05) is 20.8 Å². The van der Waals surface area contributed by atoms with E-state index in [1.165, 1.54) is 5.56 Å². The molecule has 1 unspecified atom stereocenters. The van der Waals surface area contributed by atoms with Crippen molar-refractivity contribution < 1.29 is 0 Å². The zero-order valence-electron chi connectivity index (χ0n) is 13.2. The number of fused-ring (bicyclic) bond motifs is 1. The Hall–Kier alpha value is -1.75. The van der Waals surface area contributed by atoms with Crippen LogP contribution in [-0.2, 0) is 13.5 Å². The first kappa shape index (κ1) is 14.2. The van der Waals surface area contributed by atoms with Crippen molar-refractivity contribution in [3.05, 3.63) is 29.7 Å². The van der Waals surface area contributed by atoms with E-state index < -0.39 is 0 Å². The average molecular weight is 285 g/mol. The average Bonchev–Trinajstić information content (AvgIpc) is 2.84. The Labute approximate surface area is 125 Å². The second kappa shape index (κ2) is 5.22. The van der Waals surface area contributed by atoms with Crippen LogP contribution in [-0.4, -0.2) is 26.3 Å². The lowest BCUT2D eigenvalue weighted by atomic mass is 9.74. The van der Waals surface area contributed by atoms with E-state index in [9.17, 15) is 0 Å². The number of hydrogen-bond acceptors (Lipinski definition) is 4. The van der Waals surface area contributed by atoms with E-state index in [2.05, 4.69) is 36.2 Å². The van der Waals surface area contributed by atoms with Gasteiger partial charge < -0.3 is 5.32 Å². The first-order valence-corrected chi connectivity index (χ1v) is 7.58. The Morgan fingerprint density at radius 3 is 2.90 bits per heavy atom. The molecule has 0 radical (unpaired) electrons. The number of rotatable bonds is 3. The minimum absolute atomic E-state index is 0.260. The molecule has 0 bridgehead atoms. The molecule has 0 amide bonds. The molecule has 5 nitrogen and oxygen atoms in total. The molecule has 5 heteroatoms. The SMILES string of the molecule is CCNC1CC(C)(C)Cc2nc(-c3ccn(C)n3)ncc21. The van der Waals surface area contributed by atoms with E-state index in [0.29, 0.717) is 6.04 Å². The van der Waals surface area contributed by atoms with Gasteiger partial charge in [-0.15, -0.1) is 0 Å². The van der Waals surface area contributed by atoms with Crippen LogP contribution in [0.25, 0.3) is 11.5 Å². The molecule has 0 saturated carbocycles. The van der Waals surface area contributed by atoms with Gasteiger partial charge in [-0.2, -0.15) is 5.10 Å². The lowest BCUT2D eigenvalue weighted by Crippen LogP contribution is -2.34. The molecule has 1 N–H and O–H groups in total. The number of hydrogen-bond donors (Lipinski definition) is 1. The number of aromatic nitrogens is 4. The van der Waals surface area contributed by atoms with Gasteiger partial charge in [-0.05, 0) is 30.9 Å². The highest BCUT2D eigenvalue weighted by molar-refractivity contribution is 5.49. The molecular formula is C16H23N5. The highest BCUT2D eigenvalue weighted by Crippen LogP contribution is 2.40. The summed E-state index contributed by atoms with van der Waals surface area (Å²) in [7, 11) is 1.91. The smallest absolute Gasteiger partial charge is 0.180 e. The van der Waals surface area contributed by atoms with Crippen molar-refractivity contribution in [1.82, 2.24) is 25.1 Å². The molecule has 1 aliphatic carbocycles. The van der Waals surface area contributed by atoms with Gasteiger partial charge in [0.1, 0.15) is 5.69 Å². The second-order valence-electron chi connectivity index (χ2n) is 6.63. The molecule has 0 fully saturated rings. The third-order valence-corrected chi connectivity index (χ3v) is 4.07. The van der Waals surface area contributed by atoms with Crippen molar-refractivity contribution in [2.24, 2.45) is 12.5 Å². The topological polar surface area (TPSA) is 55.6 Å². The molecule has 0 spiro atoms. The predicted molar refractivity (Wildman–Crippen MR) is 82.8 cm³/mol. The van der Waals surface area contributed by atoms with Crippen molar-refractivity contribution in [2.45, 2.75) is 39.7 Å². The maximum absolute atomic E-state index is 4.80. The van der Waals surface area contributed by atoms with Gasteiger partial charge in [0.2, 0.25) is 0 Å². The van der Waals surface area contributed by atoms with Gasteiger partial charge >= 0.3 is 0 Å². The van der Waals surface area contributed by atoms with Crippen LogP contribution >= 0.6 is 0 Å². The second-order valence-corrected chi connectivity index (χ2v) is 6.63. The molecule has 2 aromatic heterocycles. The zero-order chi connectivity index (χ0) is 15.0. The Morgan fingerprint density at radius 2 is 2.24 bits per heavy atom. The van der Waals surface area contributed by atoms with Gasteiger partial charge in [-0.3, -0.25) is 4.68 Å². The monoisotopic (exact) mass is 285 g/mol. The normalized spacial score (nSPS) is 20.3. The van der Waals surface area contributed by atoms with Crippen LogP contribution in [0, 0.1) is 5.41 Å². The summed E-state index contributed by atoms with van der Waals surface area (Å²) in [4.78, 5) is 9.33. The van der Waals surface area contributed by atoms with Crippen LogP contribution in [0.1, 0.15) is 44.5 Å². The van der Waals surface area contributed by atoms with Crippen LogP contribution in [0.3, 0.4) is 0 Å². The first-order chi connectivity index (χ1) is 9.98. The van der Waals surface area contributed by atoms with Gasteiger partial charge in [0, 0.05) is 36.7 Å². The van der Waals surface area contributed by atoms with E-state index >= 15 is 0 Å². The highest BCUT2D eigenvalue weighted by Gasteiger charge is 2.33. The molecule has 1 aliphatic rings. The third-order valence-electron chi connectivity index (χ3n) is 4.07. The summed E-state index contributed by atoms with van der Waals surface area (Å²) in [6.45, 7) is 7.72. The Morgan fingerprint density at radius 1 is 1.43 bits per heavy atom. The van der Waals surface area contributed by atoms with Gasteiger partial charge in [-0.25, -0.2) is 9.97 Å². The van der Waals surface area contributed by atoms with Gasteiger partial charge in [0.25, 0.3) is 0 Å². The predicted octanol–water partition coefficient (Wildman–Crippen LogP) is 2.50. The van der Waals surface area contributed by atoms with Crippen LogP contribution < -0.4 is 5.32 Å². The highest BCUT2D eigenvalue weighted by atomic mass is 15.3. The van der Waals surface area contributed by atoms with Crippen molar-refractivity contribution >= 4 is 0 Å². The lowest BCUT2D eigenvalue weighted by molar-refractivity contribution is 0.255. The number of aryl methyl sites for hydroxylation is 1. The van der Waals surface area contributed by atoms with Crippen LogP contribution in [0.2, 0.25) is 0 Å². The zero-order valence-corrected chi connectivity index (χ0v) is 13.2. The maximum atomic E-state index is 4.80. The fraction of sp³-hybridized carbons (Fsp3) is 0.562. The van der Waals surface area contributed by atoms with E-state index in [0.717, 1.165) is 36.6 Å². The van der Waals surface area contributed by atoms with Crippen molar-refractivity contribution in [3.8, 4) is 11.5 Å². The molecule has 1 atom stereocenters. The summed E-state index contributed by atoms with van der Waals surface area (Å²) in [6.07, 6.45) is 6.02. The summed E-state index contributed by atoms with van der Waals surface area (Å²) < 4.78 is 1.78. The molecule has 21 heavy (non-hydrogen) atoms.